The molecule has 1 unspecified atom stereocenters. The molecule has 3 rings (SSSR count). The molecule has 6 nitrogen and oxygen atoms in total. The predicted octanol–water partition coefficient (Wildman–Crippen LogP) is 5.02. The van der Waals surface area contributed by atoms with Gasteiger partial charge in [0.25, 0.3) is 0 Å². The number of hydrogen-bond donors (Lipinski definition) is 2. The molecule has 0 aliphatic heterocycles. The average Bonchev–Trinajstić information content (AvgIpc) is 3.30. The molecule has 0 amide bonds. The number of unbranched alkanes of at least 4 members (excludes halogenated alkanes) is 2. The van der Waals surface area contributed by atoms with E-state index in [9.17, 15) is 18.3 Å². The lowest BCUT2D eigenvalue weighted by atomic mass is 10.1. The van der Waals surface area contributed by atoms with E-state index in [4.69, 9.17) is 15.2 Å². The second-order valence-corrected chi connectivity index (χ2v) is 8.74. The predicted molar refractivity (Wildman–Crippen MR) is 120 cm³/mol. The molecule has 2 aromatic carbocycles. The minimum Gasteiger partial charge on any atom is -0.494 e. The number of aromatic nitrogens is 2. The van der Waals surface area contributed by atoms with Crippen molar-refractivity contribution in [3.8, 4) is 22.1 Å². The quantitative estimate of drug-likeness (QED) is 0.374. The zero-order valence-corrected chi connectivity index (χ0v) is 19.0. The first kappa shape index (κ1) is 24.9. The van der Waals surface area contributed by atoms with E-state index in [2.05, 4.69) is 10.2 Å². The minimum atomic E-state index is -4.59. The molecule has 1 aromatic heterocycles. The van der Waals surface area contributed by atoms with Crippen molar-refractivity contribution >= 4 is 11.3 Å². The van der Waals surface area contributed by atoms with E-state index in [-0.39, 0.29) is 29.5 Å². The van der Waals surface area contributed by atoms with Gasteiger partial charge in [0, 0.05) is 5.56 Å². The van der Waals surface area contributed by atoms with E-state index in [0.29, 0.717) is 18.0 Å². The molecule has 0 radical (unpaired) electrons. The van der Waals surface area contributed by atoms with Crippen molar-refractivity contribution in [3.05, 3.63) is 59.1 Å². The fourth-order valence-electron chi connectivity index (χ4n) is 2.92. The topological polar surface area (TPSA) is 90.5 Å². The van der Waals surface area contributed by atoms with Gasteiger partial charge in [-0.1, -0.05) is 29.5 Å². The molecular weight excluding hydrogens is 455 g/mol. The molecule has 0 bridgehead atoms. The van der Waals surface area contributed by atoms with Crippen LogP contribution in [0, 0.1) is 0 Å². The van der Waals surface area contributed by atoms with Gasteiger partial charge in [-0.25, -0.2) is 0 Å². The molecule has 3 aromatic rings. The molecular formula is C23H26F3N3O3S. The molecule has 33 heavy (non-hydrogen) atoms. The van der Waals surface area contributed by atoms with Gasteiger partial charge in [0.2, 0.25) is 0 Å². The van der Waals surface area contributed by atoms with Gasteiger partial charge in [0.1, 0.15) is 21.5 Å². The summed E-state index contributed by atoms with van der Waals surface area (Å²) in [7, 11) is 0. The van der Waals surface area contributed by atoms with E-state index in [0.717, 1.165) is 36.0 Å². The first-order chi connectivity index (χ1) is 15.7. The van der Waals surface area contributed by atoms with Crippen LogP contribution >= 0.6 is 11.3 Å². The maximum Gasteiger partial charge on any atom is 0.419 e. The Morgan fingerprint density at radius 3 is 2.33 bits per heavy atom. The van der Waals surface area contributed by atoms with Crippen LogP contribution in [0.25, 0.3) is 10.6 Å². The SMILES string of the molecule is CC(N)(CO)c1nnc(-c2ccc(OCCCCCOc3ccccc3)c(C(F)(F)F)c2)s1. The Balaban J connectivity index is 1.57. The zero-order valence-electron chi connectivity index (χ0n) is 18.1. The molecule has 0 fully saturated rings. The number of aliphatic hydroxyl groups is 1. The van der Waals surface area contributed by atoms with Crippen molar-refractivity contribution in [2.45, 2.75) is 37.9 Å². The first-order valence-electron chi connectivity index (χ1n) is 10.5. The second kappa shape index (κ2) is 11.0. The van der Waals surface area contributed by atoms with Crippen molar-refractivity contribution in [3.63, 3.8) is 0 Å². The van der Waals surface area contributed by atoms with Crippen molar-refractivity contribution < 1.29 is 27.8 Å². The van der Waals surface area contributed by atoms with Crippen molar-refractivity contribution in [1.82, 2.24) is 10.2 Å². The Labute approximate surface area is 194 Å². The number of halogens is 3. The van der Waals surface area contributed by atoms with E-state index in [1.807, 2.05) is 30.3 Å². The highest BCUT2D eigenvalue weighted by molar-refractivity contribution is 7.14. The number of hydrogen-bond acceptors (Lipinski definition) is 7. The summed E-state index contributed by atoms with van der Waals surface area (Å²) >= 11 is 1.04. The molecule has 178 valence electrons. The lowest BCUT2D eigenvalue weighted by Crippen LogP contribution is -2.36. The van der Waals surface area contributed by atoms with Gasteiger partial charge in [-0.15, -0.1) is 10.2 Å². The number of rotatable bonds is 11. The molecule has 10 heteroatoms. The van der Waals surface area contributed by atoms with Crippen LogP contribution in [0.3, 0.4) is 0 Å². The Morgan fingerprint density at radius 1 is 0.970 bits per heavy atom. The van der Waals surface area contributed by atoms with Crippen LogP contribution in [-0.2, 0) is 11.7 Å². The van der Waals surface area contributed by atoms with Gasteiger partial charge in [-0.2, -0.15) is 13.2 Å². The molecule has 0 saturated heterocycles. The Morgan fingerprint density at radius 2 is 1.67 bits per heavy atom. The van der Waals surface area contributed by atoms with Crippen molar-refractivity contribution in [2.75, 3.05) is 19.8 Å². The van der Waals surface area contributed by atoms with Crippen molar-refractivity contribution in [2.24, 2.45) is 5.73 Å². The van der Waals surface area contributed by atoms with Crippen LogP contribution < -0.4 is 15.2 Å². The van der Waals surface area contributed by atoms with E-state index >= 15 is 0 Å². The molecule has 0 spiro atoms. The van der Waals surface area contributed by atoms with Crippen molar-refractivity contribution in [1.29, 1.82) is 0 Å². The Kier molecular flexibility index (Phi) is 8.28. The minimum absolute atomic E-state index is 0.165. The smallest absolute Gasteiger partial charge is 0.419 e. The maximum absolute atomic E-state index is 13.6. The summed E-state index contributed by atoms with van der Waals surface area (Å²) in [6.07, 6.45) is -2.44. The van der Waals surface area contributed by atoms with Crippen LogP contribution in [0.1, 0.15) is 36.8 Å². The highest BCUT2D eigenvalue weighted by Crippen LogP contribution is 2.39. The number of aliphatic hydroxyl groups excluding tert-OH is 1. The van der Waals surface area contributed by atoms with Crippen LogP contribution in [0.15, 0.2) is 48.5 Å². The standard InChI is InChI=1S/C23H26F3N3O3S/c1-22(27,15-30)21-29-28-20(33-21)16-10-11-19(18(14-16)23(24,25)26)32-13-7-3-6-12-31-17-8-4-2-5-9-17/h2,4-5,8-11,14,30H,3,6-7,12-13,15,27H2,1H3. The molecule has 0 aliphatic carbocycles. The fraction of sp³-hybridized carbons (Fsp3) is 0.391. The molecule has 1 atom stereocenters. The number of para-hydroxylation sites is 1. The van der Waals surface area contributed by atoms with Crippen LogP contribution in [0.5, 0.6) is 11.5 Å². The highest BCUT2D eigenvalue weighted by Gasteiger charge is 2.35. The van der Waals surface area contributed by atoms with E-state index < -0.39 is 17.3 Å². The Hall–Kier alpha value is -2.69. The van der Waals surface area contributed by atoms with Gasteiger partial charge >= 0.3 is 6.18 Å². The number of benzene rings is 2. The summed E-state index contributed by atoms with van der Waals surface area (Å²) in [6.45, 7) is 1.91. The van der Waals surface area contributed by atoms with E-state index in [1.54, 1.807) is 6.92 Å². The summed E-state index contributed by atoms with van der Waals surface area (Å²) in [4.78, 5) is 0. The molecule has 0 aliphatic rings. The summed E-state index contributed by atoms with van der Waals surface area (Å²) in [6, 6.07) is 13.2. The number of nitrogens with two attached hydrogens (primary N) is 1. The largest absolute Gasteiger partial charge is 0.494 e. The lowest BCUT2D eigenvalue weighted by molar-refractivity contribution is -0.138. The summed E-state index contributed by atoms with van der Waals surface area (Å²) < 4.78 is 52.0. The molecule has 1 heterocycles. The normalized spacial score (nSPS) is 13.5. The number of ether oxygens (including phenoxy) is 2. The summed E-state index contributed by atoms with van der Waals surface area (Å²) in [5, 5.41) is 17.8. The highest BCUT2D eigenvalue weighted by atomic mass is 32.1. The summed E-state index contributed by atoms with van der Waals surface area (Å²) in [5.41, 5.74) is 4.20. The third-order valence-electron chi connectivity index (χ3n) is 4.83. The maximum atomic E-state index is 13.6. The third kappa shape index (κ3) is 6.89. The van der Waals surface area contributed by atoms with Gasteiger partial charge in [0.15, 0.2) is 0 Å². The van der Waals surface area contributed by atoms with Gasteiger partial charge in [0.05, 0.1) is 30.9 Å². The van der Waals surface area contributed by atoms with Crippen LogP contribution in [0.2, 0.25) is 0 Å². The second-order valence-electron chi connectivity index (χ2n) is 7.77. The Bertz CT molecular complexity index is 1030. The van der Waals surface area contributed by atoms with Gasteiger partial charge in [-0.05, 0) is 56.5 Å². The van der Waals surface area contributed by atoms with Gasteiger partial charge in [-0.3, -0.25) is 0 Å². The number of alkyl halides is 3. The zero-order chi connectivity index (χ0) is 23.9. The molecule has 0 saturated carbocycles. The number of nitrogens with zero attached hydrogens (tertiary/aromatic N) is 2. The fourth-order valence-corrected chi connectivity index (χ4v) is 3.81. The molecule has 3 N–H and O–H groups in total. The van der Waals surface area contributed by atoms with Crippen LogP contribution in [0.4, 0.5) is 13.2 Å². The van der Waals surface area contributed by atoms with E-state index in [1.165, 1.54) is 12.1 Å². The van der Waals surface area contributed by atoms with Gasteiger partial charge < -0.3 is 20.3 Å². The monoisotopic (exact) mass is 481 g/mol. The third-order valence-corrected chi connectivity index (χ3v) is 6.08. The first-order valence-corrected chi connectivity index (χ1v) is 11.3. The van der Waals surface area contributed by atoms with Crippen LogP contribution in [-0.4, -0.2) is 35.1 Å². The summed E-state index contributed by atoms with van der Waals surface area (Å²) in [5.74, 6) is 0.564. The lowest BCUT2D eigenvalue weighted by Gasteiger charge is -2.17. The average molecular weight is 482 g/mol.